The molecule has 0 bridgehead atoms. The van der Waals surface area contributed by atoms with Gasteiger partial charge in [-0.1, -0.05) is 5.16 Å². The van der Waals surface area contributed by atoms with Crippen molar-refractivity contribution in [2.75, 3.05) is 13.3 Å². The molecule has 0 aliphatic heterocycles. The van der Waals surface area contributed by atoms with E-state index in [1.807, 2.05) is 13.2 Å². The molecule has 0 aliphatic rings. The van der Waals surface area contributed by atoms with Gasteiger partial charge in [-0.2, -0.15) is 0 Å². The molecule has 8 heteroatoms. The first-order chi connectivity index (χ1) is 9.58. The first kappa shape index (κ1) is 14.6. The molecule has 0 aliphatic carbocycles. The summed E-state index contributed by atoms with van der Waals surface area (Å²) >= 11 is 2.85. The summed E-state index contributed by atoms with van der Waals surface area (Å²) in [6.45, 7) is 1.83. The van der Waals surface area contributed by atoms with Gasteiger partial charge >= 0.3 is 6.03 Å². The lowest BCUT2D eigenvalue weighted by Crippen LogP contribution is -2.37. The average molecular weight is 311 g/mol. The Labute approximate surface area is 123 Å². The summed E-state index contributed by atoms with van der Waals surface area (Å²) in [4.78, 5) is 23.8. The smallest absolute Gasteiger partial charge is 0.321 e. The minimum Gasteiger partial charge on any atom is -0.356 e. The Balaban J connectivity index is 2.42. The third kappa shape index (κ3) is 2.70. The fraction of sp³-hybridized carbons (Fsp3) is 0.250. The van der Waals surface area contributed by atoms with Crippen molar-refractivity contribution in [1.29, 1.82) is 0 Å². The van der Waals surface area contributed by atoms with Crippen molar-refractivity contribution in [3.05, 3.63) is 22.7 Å². The Hall–Kier alpha value is -1.80. The molecule has 0 saturated heterocycles. The molecule has 0 radical (unpaired) electrons. The summed E-state index contributed by atoms with van der Waals surface area (Å²) in [5.74, 6) is 0.190. The number of nitrogens with zero attached hydrogens (tertiary/aromatic N) is 1. The van der Waals surface area contributed by atoms with Gasteiger partial charge in [-0.25, -0.2) is 4.79 Å². The molecular weight excluding hydrogens is 298 g/mol. The molecule has 0 aromatic carbocycles. The number of thioether (sulfide) groups is 1. The number of nitrogens with one attached hydrogen (secondary N) is 2. The van der Waals surface area contributed by atoms with E-state index in [9.17, 15) is 9.59 Å². The summed E-state index contributed by atoms with van der Waals surface area (Å²) in [5, 5.41) is 8.30. The maximum absolute atomic E-state index is 12.1. The summed E-state index contributed by atoms with van der Waals surface area (Å²) in [5.41, 5.74) is 1.62. The second-order valence-electron chi connectivity index (χ2n) is 3.83. The molecule has 2 aromatic rings. The number of aromatic nitrogens is 1. The summed E-state index contributed by atoms with van der Waals surface area (Å²) in [7, 11) is 1.46. The van der Waals surface area contributed by atoms with E-state index in [2.05, 4.69) is 15.8 Å². The van der Waals surface area contributed by atoms with Crippen LogP contribution in [-0.2, 0) is 0 Å². The molecule has 0 fully saturated rings. The Bertz CT molecular complexity index is 635. The van der Waals surface area contributed by atoms with E-state index < -0.39 is 11.9 Å². The zero-order valence-electron chi connectivity index (χ0n) is 11.1. The molecule has 0 atom stereocenters. The number of urea groups is 1. The molecule has 2 N–H and O–H groups in total. The lowest BCUT2D eigenvalue weighted by Gasteiger charge is -2.02. The minimum absolute atomic E-state index is 0.423. The zero-order chi connectivity index (χ0) is 14.7. The Kier molecular flexibility index (Phi) is 4.46. The molecule has 0 unspecified atom stereocenters. The number of imide groups is 1. The van der Waals surface area contributed by atoms with Gasteiger partial charge < -0.3 is 9.84 Å². The molecule has 20 heavy (non-hydrogen) atoms. The molecule has 106 valence electrons. The van der Waals surface area contributed by atoms with Crippen molar-refractivity contribution < 1.29 is 14.1 Å². The second kappa shape index (κ2) is 6.10. The Morgan fingerprint density at radius 2 is 2.20 bits per heavy atom. The van der Waals surface area contributed by atoms with Crippen molar-refractivity contribution in [2.24, 2.45) is 0 Å². The highest BCUT2D eigenvalue weighted by Gasteiger charge is 2.23. The van der Waals surface area contributed by atoms with Gasteiger partial charge in [0.2, 0.25) is 0 Å². The maximum atomic E-state index is 12.1. The standard InChI is InChI=1S/C12H13N3O3S2/c1-6-8(7-4-5-14-18-7)11(19-3)20-9(6)10(16)15-12(17)13-2/h4-5H,1-3H3,(H2,13,15,16,17). The van der Waals surface area contributed by atoms with Crippen molar-refractivity contribution in [3.8, 4) is 11.3 Å². The van der Waals surface area contributed by atoms with Crippen LogP contribution in [0.4, 0.5) is 4.79 Å². The number of rotatable bonds is 3. The van der Waals surface area contributed by atoms with E-state index in [0.717, 1.165) is 15.3 Å². The van der Waals surface area contributed by atoms with Crippen LogP contribution in [-0.4, -0.2) is 30.4 Å². The number of thiophene rings is 1. The highest BCUT2D eigenvalue weighted by Crippen LogP contribution is 2.41. The number of amides is 3. The molecule has 2 rings (SSSR count). The summed E-state index contributed by atoms with van der Waals surface area (Å²) in [6.07, 6.45) is 3.48. The second-order valence-corrected chi connectivity index (χ2v) is 5.93. The Morgan fingerprint density at radius 1 is 1.45 bits per heavy atom. The molecular formula is C12H13N3O3S2. The van der Waals surface area contributed by atoms with E-state index in [4.69, 9.17) is 4.52 Å². The van der Waals surface area contributed by atoms with Gasteiger partial charge in [0.1, 0.15) is 0 Å². The predicted octanol–water partition coefficient (Wildman–Crippen LogP) is 2.50. The van der Waals surface area contributed by atoms with E-state index in [-0.39, 0.29) is 0 Å². The van der Waals surface area contributed by atoms with Gasteiger partial charge in [0.15, 0.2) is 5.76 Å². The highest BCUT2D eigenvalue weighted by molar-refractivity contribution is 8.00. The number of carbonyl (C=O) groups excluding carboxylic acids is 2. The molecule has 2 aromatic heterocycles. The third-order valence-electron chi connectivity index (χ3n) is 2.64. The van der Waals surface area contributed by atoms with Crippen LogP contribution in [0, 0.1) is 6.92 Å². The van der Waals surface area contributed by atoms with Gasteiger partial charge in [0.25, 0.3) is 5.91 Å². The lowest BCUT2D eigenvalue weighted by atomic mass is 10.1. The quantitative estimate of drug-likeness (QED) is 0.851. The molecule has 3 amide bonds. The lowest BCUT2D eigenvalue weighted by molar-refractivity contribution is 0.0968. The summed E-state index contributed by atoms with van der Waals surface area (Å²) < 4.78 is 6.12. The van der Waals surface area contributed by atoms with Crippen LogP contribution in [0.1, 0.15) is 15.2 Å². The zero-order valence-corrected chi connectivity index (χ0v) is 12.8. The number of hydrogen-bond donors (Lipinski definition) is 2. The largest absolute Gasteiger partial charge is 0.356 e. The van der Waals surface area contributed by atoms with Crippen LogP contribution in [0.15, 0.2) is 21.0 Å². The van der Waals surface area contributed by atoms with Gasteiger partial charge in [-0.15, -0.1) is 23.1 Å². The molecule has 6 nitrogen and oxygen atoms in total. The first-order valence-electron chi connectivity index (χ1n) is 5.70. The van der Waals surface area contributed by atoms with E-state index in [0.29, 0.717) is 10.6 Å². The first-order valence-corrected chi connectivity index (χ1v) is 7.74. The van der Waals surface area contributed by atoms with Crippen LogP contribution in [0.5, 0.6) is 0 Å². The monoisotopic (exact) mass is 311 g/mol. The third-order valence-corrected chi connectivity index (χ3v) is 5.05. The number of carbonyl (C=O) groups is 2. The minimum atomic E-state index is -0.533. The highest BCUT2D eigenvalue weighted by atomic mass is 32.2. The van der Waals surface area contributed by atoms with E-state index in [1.165, 1.54) is 30.1 Å². The van der Waals surface area contributed by atoms with Gasteiger partial charge in [-0.05, 0) is 18.7 Å². The molecule has 0 saturated carbocycles. The SMILES string of the molecule is CNC(=O)NC(=O)c1sc(SC)c(-c2ccno2)c1C. The summed E-state index contributed by atoms with van der Waals surface area (Å²) in [6, 6.07) is 1.21. The van der Waals surface area contributed by atoms with Crippen LogP contribution >= 0.6 is 23.1 Å². The van der Waals surface area contributed by atoms with Gasteiger partial charge in [0.05, 0.1) is 15.3 Å². The fourth-order valence-electron chi connectivity index (χ4n) is 1.70. The average Bonchev–Trinajstić information content (AvgIpc) is 3.05. The molecule has 2 heterocycles. The van der Waals surface area contributed by atoms with Crippen molar-refractivity contribution >= 4 is 35.0 Å². The topological polar surface area (TPSA) is 84.2 Å². The van der Waals surface area contributed by atoms with E-state index in [1.54, 1.807) is 12.3 Å². The normalized spacial score (nSPS) is 10.3. The van der Waals surface area contributed by atoms with Crippen LogP contribution < -0.4 is 10.6 Å². The van der Waals surface area contributed by atoms with Crippen molar-refractivity contribution in [1.82, 2.24) is 15.8 Å². The molecule has 0 spiro atoms. The van der Waals surface area contributed by atoms with Crippen LogP contribution in [0.25, 0.3) is 11.3 Å². The van der Waals surface area contributed by atoms with Gasteiger partial charge in [-0.3, -0.25) is 10.1 Å². The Morgan fingerprint density at radius 3 is 2.75 bits per heavy atom. The van der Waals surface area contributed by atoms with Crippen molar-refractivity contribution in [2.45, 2.75) is 11.1 Å². The van der Waals surface area contributed by atoms with Crippen molar-refractivity contribution in [3.63, 3.8) is 0 Å². The fourth-order valence-corrected chi connectivity index (χ4v) is 3.68. The van der Waals surface area contributed by atoms with E-state index >= 15 is 0 Å². The maximum Gasteiger partial charge on any atom is 0.321 e. The van der Waals surface area contributed by atoms with Crippen LogP contribution in [0.2, 0.25) is 0 Å². The number of hydrogen-bond acceptors (Lipinski definition) is 6. The predicted molar refractivity (Wildman–Crippen MR) is 78.3 cm³/mol. The van der Waals surface area contributed by atoms with Gasteiger partial charge in [0, 0.05) is 18.7 Å². The van der Waals surface area contributed by atoms with Crippen LogP contribution in [0.3, 0.4) is 0 Å².